The Balaban J connectivity index is 2.80. The van der Waals surface area contributed by atoms with Crippen LogP contribution in [0.4, 0.5) is 0 Å². The van der Waals surface area contributed by atoms with Gasteiger partial charge in [0, 0.05) is 36.8 Å². The van der Waals surface area contributed by atoms with Gasteiger partial charge in [-0.15, -0.1) is 0 Å². The summed E-state index contributed by atoms with van der Waals surface area (Å²) in [5.41, 5.74) is 0.189. The third-order valence-electron chi connectivity index (χ3n) is 5.28. The van der Waals surface area contributed by atoms with Gasteiger partial charge >= 0.3 is 0 Å². The van der Waals surface area contributed by atoms with Crippen LogP contribution in [0.5, 0.6) is 0 Å². The third-order valence-corrected chi connectivity index (χ3v) is 6.23. The van der Waals surface area contributed by atoms with Gasteiger partial charge in [0.05, 0.1) is 5.75 Å². The first-order chi connectivity index (χ1) is 10.2. The highest BCUT2D eigenvalue weighted by Crippen LogP contribution is 2.46. The zero-order valence-electron chi connectivity index (χ0n) is 16.2. The largest absolute Gasteiger partial charge is 0.356 e. The molecule has 0 aromatic carbocycles. The van der Waals surface area contributed by atoms with Crippen molar-refractivity contribution >= 4 is 15.8 Å². The van der Waals surface area contributed by atoms with Crippen molar-refractivity contribution in [2.24, 2.45) is 15.8 Å². The fourth-order valence-electron chi connectivity index (χ4n) is 2.62. The van der Waals surface area contributed by atoms with Crippen LogP contribution in [0.2, 0.25) is 0 Å². The molecule has 23 heavy (non-hydrogen) atoms. The summed E-state index contributed by atoms with van der Waals surface area (Å²) in [6.45, 7) is 17.7. The summed E-state index contributed by atoms with van der Waals surface area (Å²) in [6.07, 6.45) is 1.92. The minimum absolute atomic E-state index is 0.0604. The SMILES string of the molecule is CCNC(=NCC(C)(C)CCS(C)(=O)=O)N1CC(C)(C)C1(C)C. The van der Waals surface area contributed by atoms with E-state index in [4.69, 9.17) is 4.99 Å². The van der Waals surface area contributed by atoms with Gasteiger partial charge in [0.25, 0.3) is 0 Å². The number of sulfone groups is 1. The number of nitrogens with one attached hydrogen (secondary N) is 1. The average molecular weight is 346 g/mol. The van der Waals surface area contributed by atoms with Crippen molar-refractivity contribution in [1.82, 2.24) is 10.2 Å². The zero-order chi connectivity index (χ0) is 18.1. The fourth-order valence-corrected chi connectivity index (χ4v) is 3.55. The van der Waals surface area contributed by atoms with Crippen molar-refractivity contribution < 1.29 is 8.42 Å². The van der Waals surface area contributed by atoms with Crippen molar-refractivity contribution in [3.05, 3.63) is 0 Å². The van der Waals surface area contributed by atoms with Crippen molar-refractivity contribution in [1.29, 1.82) is 0 Å². The maximum absolute atomic E-state index is 11.4. The summed E-state index contributed by atoms with van der Waals surface area (Å²) in [7, 11) is -2.92. The Morgan fingerprint density at radius 2 is 1.83 bits per heavy atom. The molecule has 1 rings (SSSR count). The molecule has 0 radical (unpaired) electrons. The molecule has 0 amide bonds. The lowest BCUT2D eigenvalue weighted by atomic mass is 9.65. The predicted octanol–water partition coefficient (Wildman–Crippen LogP) is 2.53. The molecule has 1 aliphatic heterocycles. The van der Waals surface area contributed by atoms with E-state index in [9.17, 15) is 8.42 Å². The van der Waals surface area contributed by atoms with Crippen LogP contribution in [0.1, 0.15) is 54.9 Å². The highest BCUT2D eigenvalue weighted by atomic mass is 32.2. The van der Waals surface area contributed by atoms with E-state index in [1.165, 1.54) is 6.26 Å². The second-order valence-corrected chi connectivity index (χ2v) is 11.0. The van der Waals surface area contributed by atoms with E-state index >= 15 is 0 Å². The molecule has 5 nitrogen and oxygen atoms in total. The molecule has 136 valence electrons. The summed E-state index contributed by atoms with van der Waals surface area (Å²) in [5, 5.41) is 3.38. The van der Waals surface area contributed by atoms with Crippen LogP contribution in [0.15, 0.2) is 4.99 Å². The van der Waals surface area contributed by atoms with Gasteiger partial charge in [0.1, 0.15) is 9.84 Å². The minimum atomic E-state index is -2.92. The van der Waals surface area contributed by atoms with Crippen LogP contribution in [-0.2, 0) is 9.84 Å². The number of likely N-dealkylation sites (tertiary alicyclic amines) is 1. The molecule has 0 spiro atoms. The van der Waals surface area contributed by atoms with Gasteiger partial charge in [-0.3, -0.25) is 4.99 Å². The first-order valence-electron chi connectivity index (χ1n) is 8.45. The average Bonchev–Trinajstić information content (AvgIpc) is 2.38. The Kier molecular flexibility index (Phi) is 5.83. The van der Waals surface area contributed by atoms with E-state index < -0.39 is 9.84 Å². The molecule has 0 aromatic heterocycles. The number of hydrogen-bond acceptors (Lipinski definition) is 3. The van der Waals surface area contributed by atoms with Crippen molar-refractivity contribution in [2.75, 3.05) is 31.6 Å². The Morgan fingerprint density at radius 1 is 1.26 bits per heavy atom. The summed E-state index contributed by atoms with van der Waals surface area (Å²) >= 11 is 0. The highest BCUT2D eigenvalue weighted by Gasteiger charge is 2.53. The van der Waals surface area contributed by atoms with E-state index in [-0.39, 0.29) is 22.1 Å². The maximum Gasteiger partial charge on any atom is 0.194 e. The molecule has 1 heterocycles. The smallest absolute Gasteiger partial charge is 0.194 e. The van der Waals surface area contributed by atoms with E-state index in [1.54, 1.807) is 0 Å². The van der Waals surface area contributed by atoms with Crippen LogP contribution >= 0.6 is 0 Å². The fraction of sp³-hybridized carbons (Fsp3) is 0.941. The van der Waals surface area contributed by atoms with Crippen LogP contribution in [0.25, 0.3) is 0 Å². The Hall–Kier alpha value is -0.780. The molecule has 6 heteroatoms. The molecular formula is C17H35N3O2S. The van der Waals surface area contributed by atoms with E-state index in [0.29, 0.717) is 13.0 Å². The third kappa shape index (κ3) is 5.10. The first kappa shape index (κ1) is 20.3. The van der Waals surface area contributed by atoms with Gasteiger partial charge in [0.15, 0.2) is 5.96 Å². The number of guanidine groups is 1. The van der Waals surface area contributed by atoms with E-state index in [2.05, 4.69) is 58.7 Å². The second-order valence-electron chi connectivity index (χ2n) is 8.74. The number of hydrogen-bond donors (Lipinski definition) is 1. The monoisotopic (exact) mass is 345 g/mol. The Morgan fingerprint density at radius 3 is 2.22 bits per heavy atom. The minimum Gasteiger partial charge on any atom is -0.356 e. The lowest BCUT2D eigenvalue weighted by Crippen LogP contribution is -2.72. The standard InChI is InChI=1S/C17H35N3O2S/c1-9-18-14(20-13-16(4,5)17(20,6)7)19-12-15(2,3)10-11-23(8,21)22/h9-13H2,1-8H3,(H,18,19). The van der Waals surface area contributed by atoms with Gasteiger partial charge in [0.2, 0.25) is 0 Å². The summed E-state index contributed by atoms with van der Waals surface area (Å²) in [4.78, 5) is 7.13. The van der Waals surface area contributed by atoms with E-state index in [1.807, 2.05) is 0 Å². The predicted molar refractivity (Wildman–Crippen MR) is 98.7 cm³/mol. The van der Waals surface area contributed by atoms with Crippen molar-refractivity contribution in [2.45, 2.75) is 60.4 Å². The number of nitrogens with zero attached hydrogens (tertiary/aromatic N) is 2. The molecule has 0 saturated carbocycles. The quantitative estimate of drug-likeness (QED) is 0.593. The zero-order valence-corrected chi connectivity index (χ0v) is 17.0. The molecule has 1 N–H and O–H groups in total. The van der Waals surface area contributed by atoms with E-state index in [0.717, 1.165) is 19.0 Å². The van der Waals surface area contributed by atoms with Crippen LogP contribution in [0, 0.1) is 10.8 Å². The summed E-state index contributed by atoms with van der Waals surface area (Å²) in [6, 6.07) is 0. The van der Waals surface area contributed by atoms with Gasteiger partial charge in [-0.25, -0.2) is 8.42 Å². The second kappa shape index (κ2) is 6.61. The van der Waals surface area contributed by atoms with Crippen molar-refractivity contribution in [3.63, 3.8) is 0 Å². The number of rotatable bonds is 6. The molecular weight excluding hydrogens is 310 g/mol. The highest BCUT2D eigenvalue weighted by molar-refractivity contribution is 7.90. The lowest BCUT2D eigenvalue weighted by Gasteiger charge is -2.62. The Bertz CT molecular complexity index is 548. The maximum atomic E-state index is 11.4. The molecule has 1 saturated heterocycles. The normalized spacial score (nSPS) is 21.0. The van der Waals surface area contributed by atoms with Crippen LogP contribution in [0.3, 0.4) is 0 Å². The Labute approximate surface area is 142 Å². The van der Waals surface area contributed by atoms with Gasteiger partial charge in [-0.05, 0) is 32.6 Å². The molecule has 1 aliphatic rings. The first-order valence-corrected chi connectivity index (χ1v) is 10.5. The molecule has 1 fully saturated rings. The number of aliphatic imine (C=N–C) groups is 1. The lowest BCUT2D eigenvalue weighted by molar-refractivity contribution is -0.0668. The summed E-state index contributed by atoms with van der Waals surface area (Å²) < 4.78 is 22.8. The molecule has 0 aromatic rings. The molecule has 0 aliphatic carbocycles. The summed E-state index contributed by atoms with van der Waals surface area (Å²) in [5.74, 6) is 1.15. The van der Waals surface area contributed by atoms with Crippen molar-refractivity contribution in [3.8, 4) is 0 Å². The molecule has 0 bridgehead atoms. The van der Waals surface area contributed by atoms with Gasteiger partial charge in [-0.2, -0.15) is 0 Å². The molecule has 0 atom stereocenters. The van der Waals surface area contributed by atoms with Gasteiger partial charge in [-0.1, -0.05) is 27.7 Å². The molecule has 0 unspecified atom stereocenters. The topological polar surface area (TPSA) is 61.8 Å². The van der Waals surface area contributed by atoms with Crippen LogP contribution < -0.4 is 5.32 Å². The van der Waals surface area contributed by atoms with Crippen LogP contribution in [-0.4, -0.2) is 56.5 Å². The van der Waals surface area contributed by atoms with Gasteiger partial charge < -0.3 is 10.2 Å².